The van der Waals surface area contributed by atoms with E-state index in [-0.39, 0.29) is 5.92 Å². The molecule has 2 fully saturated rings. The minimum atomic E-state index is -0.678. The second kappa shape index (κ2) is 6.73. The Labute approximate surface area is 144 Å². The molecule has 1 aromatic carbocycles. The highest BCUT2D eigenvalue weighted by atomic mass is 16.5. The van der Waals surface area contributed by atoms with Crippen molar-refractivity contribution in [2.24, 2.45) is 5.92 Å². The van der Waals surface area contributed by atoms with Crippen molar-refractivity contribution in [2.45, 2.75) is 31.8 Å². The molecule has 1 amide bonds. The quantitative estimate of drug-likeness (QED) is 0.892. The standard InChI is InChI=1S/C19H28N2O3/c1-19(2,23)13-20-8-10-21(11-9-20)18(22)17-12-16(17)14-4-6-15(24-3)7-5-14/h4-7,16-17,23H,8-13H2,1-3H3/t16-,17+/m0/s1. The molecule has 5 heteroatoms. The molecule has 2 atom stereocenters. The van der Waals surface area contributed by atoms with Gasteiger partial charge in [-0.25, -0.2) is 0 Å². The van der Waals surface area contributed by atoms with Gasteiger partial charge in [0.1, 0.15) is 5.75 Å². The molecule has 132 valence electrons. The normalized spacial score (nSPS) is 24.8. The first-order valence-electron chi connectivity index (χ1n) is 8.75. The zero-order chi connectivity index (χ0) is 17.3. The summed E-state index contributed by atoms with van der Waals surface area (Å²) in [7, 11) is 1.66. The monoisotopic (exact) mass is 332 g/mol. The number of nitrogens with zero attached hydrogens (tertiary/aromatic N) is 2. The predicted molar refractivity (Wildman–Crippen MR) is 93.2 cm³/mol. The van der Waals surface area contributed by atoms with Crippen molar-refractivity contribution in [3.8, 4) is 5.75 Å². The first-order valence-corrected chi connectivity index (χ1v) is 8.75. The number of carbonyl (C=O) groups excluding carboxylic acids is 1. The summed E-state index contributed by atoms with van der Waals surface area (Å²) in [6.07, 6.45) is 0.953. The maximum Gasteiger partial charge on any atom is 0.226 e. The topological polar surface area (TPSA) is 53.0 Å². The number of carbonyl (C=O) groups is 1. The summed E-state index contributed by atoms with van der Waals surface area (Å²) in [4.78, 5) is 16.9. The van der Waals surface area contributed by atoms with E-state index in [0.717, 1.165) is 38.3 Å². The molecule has 0 radical (unpaired) electrons. The third-order valence-electron chi connectivity index (χ3n) is 4.95. The van der Waals surface area contributed by atoms with E-state index in [2.05, 4.69) is 17.0 Å². The van der Waals surface area contributed by atoms with Gasteiger partial charge < -0.3 is 14.7 Å². The van der Waals surface area contributed by atoms with E-state index in [4.69, 9.17) is 4.74 Å². The van der Waals surface area contributed by atoms with Crippen molar-refractivity contribution in [1.82, 2.24) is 9.80 Å². The Hall–Kier alpha value is -1.59. The Morgan fingerprint density at radius 1 is 1.21 bits per heavy atom. The summed E-state index contributed by atoms with van der Waals surface area (Å²) in [5.41, 5.74) is 0.553. The van der Waals surface area contributed by atoms with Gasteiger partial charge in [0, 0.05) is 38.6 Å². The van der Waals surface area contributed by atoms with E-state index in [9.17, 15) is 9.90 Å². The van der Waals surface area contributed by atoms with Crippen LogP contribution in [0.4, 0.5) is 0 Å². The molecule has 1 N–H and O–H groups in total. The maximum atomic E-state index is 12.7. The highest BCUT2D eigenvalue weighted by Crippen LogP contribution is 2.48. The number of aliphatic hydroxyl groups is 1. The summed E-state index contributed by atoms with van der Waals surface area (Å²) >= 11 is 0. The lowest BCUT2D eigenvalue weighted by molar-refractivity contribution is -0.134. The van der Waals surface area contributed by atoms with Crippen LogP contribution in [0.2, 0.25) is 0 Å². The van der Waals surface area contributed by atoms with E-state index in [1.165, 1.54) is 5.56 Å². The highest BCUT2D eigenvalue weighted by Gasteiger charge is 2.46. The Morgan fingerprint density at radius 3 is 2.38 bits per heavy atom. The van der Waals surface area contributed by atoms with E-state index >= 15 is 0 Å². The molecule has 0 unspecified atom stereocenters. The van der Waals surface area contributed by atoms with Crippen LogP contribution in [0.1, 0.15) is 31.7 Å². The Balaban J connectivity index is 1.50. The van der Waals surface area contributed by atoms with Crippen LogP contribution in [-0.4, -0.2) is 66.2 Å². The molecular weight excluding hydrogens is 304 g/mol. The SMILES string of the molecule is COc1ccc([C@@H]2C[C@H]2C(=O)N2CCN(CC(C)(C)O)CC2)cc1. The molecule has 1 aromatic rings. The van der Waals surface area contributed by atoms with Crippen LogP contribution < -0.4 is 4.74 Å². The van der Waals surface area contributed by atoms with E-state index in [1.54, 1.807) is 7.11 Å². The first kappa shape index (κ1) is 17.2. The second-order valence-electron chi connectivity index (χ2n) is 7.64. The number of β-amino-alcohol motifs (C(OH)–C–C–N with tert-alkyl or cyclic N) is 1. The first-order chi connectivity index (χ1) is 11.4. The molecule has 0 bridgehead atoms. The lowest BCUT2D eigenvalue weighted by Gasteiger charge is -2.37. The number of ether oxygens (including phenoxy) is 1. The van der Waals surface area contributed by atoms with Crippen LogP contribution in [0.5, 0.6) is 5.75 Å². The van der Waals surface area contributed by atoms with Crippen LogP contribution in [0.25, 0.3) is 0 Å². The van der Waals surface area contributed by atoms with Crippen molar-refractivity contribution >= 4 is 5.91 Å². The number of piperazine rings is 1. The lowest BCUT2D eigenvalue weighted by Crippen LogP contribution is -2.52. The molecule has 0 aromatic heterocycles. The van der Waals surface area contributed by atoms with Crippen LogP contribution in [0, 0.1) is 5.92 Å². The summed E-state index contributed by atoms with van der Waals surface area (Å²) in [6, 6.07) is 8.06. The zero-order valence-corrected chi connectivity index (χ0v) is 14.9. The summed E-state index contributed by atoms with van der Waals surface area (Å²) in [5, 5.41) is 9.91. The van der Waals surface area contributed by atoms with E-state index in [1.807, 2.05) is 30.9 Å². The number of hydrogen-bond donors (Lipinski definition) is 1. The molecule has 2 aliphatic rings. The molecule has 24 heavy (non-hydrogen) atoms. The van der Waals surface area contributed by atoms with Crippen molar-refractivity contribution in [3.05, 3.63) is 29.8 Å². The molecule has 0 spiro atoms. The van der Waals surface area contributed by atoms with Crippen molar-refractivity contribution in [2.75, 3.05) is 39.8 Å². The van der Waals surface area contributed by atoms with Crippen molar-refractivity contribution < 1.29 is 14.6 Å². The van der Waals surface area contributed by atoms with Gasteiger partial charge in [-0.1, -0.05) is 12.1 Å². The predicted octanol–water partition coefficient (Wildman–Crippen LogP) is 1.71. The molecule has 1 saturated carbocycles. The van der Waals surface area contributed by atoms with Gasteiger partial charge in [0.15, 0.2) is 0 Å². The average molecular weight is 332 g/mol. The molecular formula is C19H28N2O3. The smallest absolute Gasteiger partial charge is 0.226 e. The largest absolute Gasteiger partial charge is 0.497 e. The molecule has 1 aliphatic carbocycles. The molecule has 1 saturated heterocycles. The third kappa shape index (κ3) is 4.08. The Bertz CT molecular complexity index is 571. The van der Waals surface area contributed by atoms with Gasteiger partial charge in [-0.15, -0.1) is 0 Å². The summed E-state index contributed by atoms with van der Waals surface area (Å²) < 4.78 is 5.19. The number of methoxy groups -OCH3 is 1. The summed E-state index contributed by atoms with van der Waals surface area (Å²) in [6.45, 7) is 7.53. The van der Waals surface area contributed by atoms with E-state index < -0.39 is 5.60 Å². The third-order valence-corrected chi connectivity index (χ3v) is 4.95. The fraction of sp³-hybridized carbons (Fsp3) is 0.632. The van der Waals surface area contributed by atoms with Gasteiger partial charge in [-0.2, -0.15) is 0 Å². The average Bonchev–Trinajstić information content (AvgIpc) is 3.34. The minimum Gasteiger partial charge on any atom is -0.497 e. The number of rotatable bonds is 5. The Kier molecular flexibility index (Phi) is 4.83. The summed E-state index contributed by atoms with van der Waals surface area (Å²) in [5.74, 6) is 1.64. The van der Waals surface area contributed by atoms with Gasteiger partial charge in [0.2, 0.25) is 5.91 Å². The fourth-order valence-electron chi connectivity index (χ4n) is 3.60. The van der Waals surface area contributed by atoms with E-state index in [0.29, 0.717) is 18.4 Å². The number of benzene rings is 1. The van der Waals surface area contributed by atoms with Crippen LogP contribution in [0.15, 0.2) is 24.3 Å². The number of hydrogen-bond acceptors (Lipinski definition) is 4. The van der Waals surface area contributed by atoms with Crippen molar-refractivity contribution in [3.63, 3.8) is 0 Å². The fourth-order valence-corrected chi connectivity index (χ4v) is 3.60. The van der Waals surface area contributed by atoms with Gasteiger partial charge in [0.05, 0.1) is 12.7 Å². The van der Waals surface area contributed by atoms with Gasteiger partial charge in [0.25, 0.3) is 0 Å². The second-order valence-corrected chi connectivity index (χ2v) is 7.64. The van der Waals surface area contributed by atoms with Gasteiger partial charge in [-0.3, -0.25) is 9.69 Å². The van der Waals surface area contributed by atoms with Crippen LogP contribution in [0.3, 0.4) is 0 Å². The number of amides is 1. The van der Waals surface area contributed by atoms with Crippen LogP contribution in [-0.2, 0) is 4.79 Å². The molecule has 1 aliphatic heterocycles. The van der Waals surface area contributed by atoms with Gasteiger partial charge in [-0.05, 0) is 43.9 Å². The lowest BCUT2D eigenvalue weighted by atomic mass is 10.1. The maximum absolute atomic E-state index is 12.7. The van der Waals surface area contributed by atoms with Crippen molar-refractivity contribution in [1.29, 1.82) is 0 Å². The minimum absolute atomic E-state index is 0.138. The van der Waals surface area contributed by atoms with Gasteiger partial charge >= 0.3 is 0 Å². The molecule has 1 heterocycles. The molecule has 5 nitrogen and oxygen atoms in total. The molecule has 3 rings (SSSR count). The van der Waals surface area contributed by atoms with Crippen LogP contribution >= 0.6 is 0 Å². The zero-order valence-electron chi connectivity index (χ0n) is 14.9. The Morgan fingerprint density at radius 2 is 1.83 bits per heavy atom. The highest BCUT2D eigenvalue weighted by molar-refractivity contribution is 5.83.